The molecule has 1 amide bonds. The van der Waals surface area contributed by atoms with Crippen molar-refractivity contribution in [2.45, 2.75) is 10.1 Å². The number of nitrogens with one attached hydrogen (secondary N) is 1. The second-order valence-corrected chi connectivity index (χ2v) is 9.47. The molecule has 5 nitrogen and oxygen atoms in total. The SMILES string of the molecule is O=C(Nc1nnc(SCc2cccc3ccccc23)s1)c1nc2ccccc2s1. The van der Waals surface area contributed by atoms with Crippen LogP contribution in [0.1, 0.15) is 15.4 Å². The lowest BCUT2D eigenvalue weighted by atomic mass is 10.1. The number of nitrogens with zero attached hydrogens (tertiary/aromatic N) is 3. The van der Waals surface area contributed by atoms with E-state index in [1.807, 2.05) is 30.3 Å². The molecule has 142 valence electrons. The van der Waals surface area contributed by atoms with Crippen molar-refractivity contribution in [2.75, 3.05) is 5.32 Å². The number of fused-ring (bicyclic) bond motifs is 2. The second kappa shape index (κ2) is 7.90. The van der Waals surface area contributed by atoms with Crippen molar-refractivity contribution in [3.05, 3.63) is 77.3 Å². The van der Waals surface area contributed by atoms with Crippen LogP contribution in [0.5, 0.6) is 0 Å². The van der Waals surface area contributed by atoms with Crippen LogP contribution in [0.15, 0.2) is 71.1 Å². The second-order valence-electron chi connectivity index (χ2n) is 6.24. The largest absolute Gasteiger partial charge is 0.294 e. The number of rotatable bonds is 5. The third-order valence-electron chi connectivity index (χ3n) is 4.35. The van der Waals surface area contributed by atoms with Gasteiger partial charge < -0.3 is 0 Å². The number of hydrogen-bond donors (Lipinski definition) is 1. The number of carbonyl (C=O) groups excluding carboxylic acids is 1. The monoisotopic (exact) mass is 434 g/mol. The van der Waals surface area contributed by atoms with E-state index in [2.05, 4.69) is 56.9 Å². The van der Waals surface area contributed by atoms with Crippen LogP contribution >= 0.6 is 34.4 Å². The maximum absolute atomic E-state index is 12.5. The first-order valence-electron chi connectivity index (χ1n) is 8.86. The molecule has 0 aliphatic heterocycles. The van der Waals surface area contributed by atoms with Crippen LogP contribution in [0.2, 0.25) is 0 Å². The molecule has 29 heavy (non-hydrogen) atoms. The fraction of sp³-hybridized carbons (Fsp3) is 0.0476. The molecule has 0 bridgehead atoms. The van der Waals surface area contributed by atoms with E-state index >= 15 is 0 Å². The molecule has 5 rings (SSSR count). The standard InChI is InChI=1S/C21H14N4OS3/c26-18(19-22-16-10-3-4-11-17(16)28-19)23-20-24-25-21(29-20)27-12-14-8-5-7-13-6-1-2-9-15(13)14/h1-11H,12H2,(H,23,24,26). The smallest absolute Gasteiger partial charge is 0.286 e. The van der Waals surface area contributed by atoms with E-state index in [4.69, 9.17) is 0 Å². The van der Waals surface area contributed by atoms with Gasteiger partial charge in [0.2, 0.25) is 5.13 Å². The third kappa shape index (κ3) is 3.87. The van der Waals surface area contributed by atoms with Gasteiger partial charge in [0.05, 0.1) is 10.2 Å². The van der Waals surface area contributed by atoms with Crippen molar-refractivity contribution in [3.63, 3.8) is 0 Å². The van der Waals surface area contributed by atoms with Crippen molar-refractivity contribution in [3.8, 4) is 0 Å². The summed E-state index contributed by atoms with van der Waals surface area (Å²) in [7, 11) is 0. The van der Waals surface area contributed by atoms with E-state index in [0.29, 0.717) is 10.1 Å². The van der Waals surface area contributed by atoms with E-state index in [9.17, 15) is 4.79 Å². The van der Waals surface area contributed by atoms with Crippen LogP contribution in [0.25, 0.3) is 21.0 Å². The van der Waals surface area contributed by atoms with Gasteiger partial charge in [-0.2, -0.15) is 0 Å². The maximum Gasteiger partial charge on any atom is 0.286 e. The van der Waals surface area contributed by atoms with E-state index in [0.717, 1.165) is 20.3 Å². The molecule has 1 N–H and O–H groups in total. The van der Waals surface area contributed by atoms with E-state index in [-0.39, 0.29) is 5.91 Å². The van der Waals surface area contributed by atoms with Crippen molar-refractivity contribution in [2.24, 2.45) is 0 Å². The number of carbonyl (C=O) groups is 1. The topological polar surface area (TPSA) is 67.8 Å². The molecule has 0 fully saturated rings. The van der Waals surface area contributed by atoms with Crippen LogP contribution < -0.4 is 5.32 Å². The highest BCUT2D eigenvalue weighted by Crippen LogP contribution is 2.31. The Morgan fingerprint density at radius 1 is 0.931 bits per heavy atom. The van der Waals surface area contributed by atoms with Crippen molar-refractivity contribution < 1.29 is 4.79 Å². The predicted molar refractivity (Wildman–Crippen MR) is 121 cm³/mol. The van der Waals surface area contributed by atoms with Crippen LogP contribution in [0.3, 0.4) is 0 Å². The first-order valence-corrected chi connectivity index (χ1v) is 11.5. The lowest BCUT2D eigenvalue weighted by Gasteiger charge is -2.04. The quantitative estimate of drug-likeness (QED) is 0.278. The fourth-order valence-electron chi connectivity index (χ4n) is 3.00. The summed E-state index contributed by atoms with van der Waals surface area (Å²) < 4.78 is 1.80. The summed E-state index contributed by atoms with van der Waals surface area (Å²) in [6.45, 7) is 0. The van der Waals surface area contributed by atoms with Gasteiger partial charge in [-0.1, -0.05) is 77.7 Å². The molecule has 2 heterocycles. The van der Waals surface area contributed by atoms with Crippen molar-refractivity contribution in [1.29, 1.82) is 0 Å². The molecule has 0 aliphatic carbocycles. The first kappa shape index (κ1) is 18.2. The van der Waals surface area contributed by atoms with Gasteiger partial charge in [0.15, 0.2) is 9.35 Å². The maximum atomic E-state index is 12.5. The highest BCUT2D eigenvalue weighted by atomic mass is 32.2. The number of thiazole rings is 1. The van der Waals surface area contributed by atoms with Gasteiger partial charge in [-0.3, -0.25) is 10.1 Å². The summed E-state index contributed by atoms with van der Waals surface area (Å²) in [5.41, 5.74) is 2.08. The van der Waals surface area contributed by atoms with Gasteiger partial charge in [0, 0.05) is 5.75 Å². The van der Waals surface area contributed by atoms with Gasteiger partial charge in [0.1, 0.15) is 0 Å². The highest BCUT2D eigenvalue weighted by Gasteiger charge is 2.15. The Morgan fingerprint density at radius 2 is 1.76 bits per heavy atom. The Hall–Kier alpha value is -2.81. The number of aromatic nitrogens is 3. The molecule has 0 aliphatic rings. The van der Waals surface area contributed by atoms with Gasteiger partial charge in [-0.15, -0.1) is 21.5 Å². The molecule has 8 heteroatoms. The Kier molecular flexibility index (Phi) is 4.97. The normalized spacial score (nSPS) is 11.2. The van der Waals surface area contributed by atoms with Crippen molar-refractivity contribution >= 4 is 66.5 Å². The average Bonchev–Trinajstić information content (AvgIpc) is 3.39. The number of para-hydroxylation sites is 1. The van der Waals surface area contributed by atoms with Crippen LogP contribution in [0.4, 0.5) is 5.13 Å². The molecule has 0 unspecified atom stereocenters. The fourth-order valence-corrected chi connectivity index (χ4v) is 5.61. The molecular weight excluding hydrogens is 420 g/mol. The summed E-state index contributed by atoms with van der Waals surface area (Å²) in [5.74, 6) is 0.537. The van der Waals surface area contributed by atoms with Crippen LogP contribution in [-0.4, -0.2) is 21.1 Å². The average molecular weight is 435 g/mol. The molecule has 0 saturated carbocycles. The molecular formula is C21H14N4OS3. The van der Waals surface area contributed by atoms with E-state index in [1.165, 1.54) is 39.0 Å². The van der Waals surface area contributed by atoms with Crippen LogP contribution in [0, 0.1) is 0 Å². The van der Waals surface area contributed by atoms with Gasteiger partial charge >= 0.3 is 0 Å². The predicted octanol–water partition coefficient (Wildman–Crippen LogP) is 5.85. The van der Waals surface area contributed by atoms with Crippen molar-refractivity contribution in [1.82, 2.24) is 15.2 Å². The van der Waals surface area contributed by atoms with E-state index < -0.39 is 0 Å². The zero-order valence-electron chi connectivity index (χ0n) is 15.0. The Morgan fingerprint density at radius 3 is 2.69 bits per heavy atom. The number of benzene rings is 3. The zero-order chi connectivity index (χ0) is 19.6. The zero-order valence-corrected chi connectivity index (χ0v) is 17.5. The lowest BCUT2D eigenvalue weighted by molar-refractivity contribution is 0.102. The Labute approximate surface area is 178 Å². The summed E-state index contributed by atoms with van der Waals surface area (Å²) in [6.07, 6.45) is 0. The summed E-state index contributed by atoms with van der Waals surface area (Å²) in [4.78, 5) is 16.9. The Balaban J connectivity index is 1.27. The first-order chi connectivity index (χ1) is 14.3. The van der Waals surface area contributed by atoms with Gasteiger partial charge in [0.25, 0.3) is 5.91 Å². The number of hydrogen-bond acceptors (Lipinski definition) is 7. The third-order valence-corrected chi connectivity index (χ3v) is 7.40. The summed E-state index contributed by atoms with van der Waals surface area (Å²) in [6, 6.07) is 22.4. The minimum atomic E-state index is -0.257. The molecule has 5 aromatic rings. The minimum absolute atomic E-state index is 0.257. The van der Waals surface area contributed by atoms with Crippen LogP contribution in [-0.2, 0) is 5.75 Å². The van der Waals surface area contributed by atoms with Gasteiger partial charge in [-0.05, 0) is 28.5 Å². The summed E-state index contributed by atoms with van der Waals surface area (Å²) in [5, 5.41) is 14.5. The number of anilines is 1. The molecule has 0 atom stereocenters. The summed E-state index contributed by atoms with van der Waals surface area (Å²) >= 11 is 4.36. The highest BCUT2D eigenvalue weighted by molar-refractivity contribution is 8.00. The number of thioether (sulfide) groups is 1. The van der Waals surface area contributed by atoms with E-state index in [1.54, 1.807) is 11.8 Å². The van der Waals surface area contributed by atoms with Gasteiger partial charge in [-0.25, -0.2) is 4.98 Å². The molecule has 0 radical (unpaired) electrons. The lowest BCUT2D eigenvalue weighted by Crippen LogP contribution is -2.11. The Bertz CT molecular complexity index is 1290. The number of amides is 1. The molecule has 2 aromatic heterocycles. The molecule has 0 saturated heterocycles. The minimum Gasteiger partial charge on any atom is -0.294 e. The molecule has 0 spiro atoms. The molecule has 3 aromatic carbocycles.